The summed E-state index contributed by atoms with van der Waals surface area (Å²) in [7, 11) is 0. The van der Waals surface area contributed by atoms with Gasteiger partial charge in [-0.2, -0.15) is 0 Å². The van der Waals surface area contributed by atoms with Gasteiger partial charge in [0.15, 0.2) is 5.78 Å². The van der Waals surface area contributed by atoms with Crippen molar-refractivity contribution >= 4 is 17.2 Å². The van der Waals surface area contributed by atoms with E-state index < -0.39 is 5.82 Å². The highest BCUT2D eigenvalue weighted by Crippen LogP contribution is 2.16. The first-order chi connectivity index (χ1) is 9.61. The van der Waals surface area contributed by atoms with E-state index in [1.807, 2.05) is 24.3 Å². The van der Waals surface area contributed by atoms with E-state index in [9.17, 15) is 9.18 Å². The van der Waals surface area contributed by atoms with Crippen LogP contribution in [0.3, 0.4) is 0 Å². The normalized spacial score (nSPS) is 10.3. The van der Waals surface area contributed by atoms with Gasteiger partial charge in [-0.3, -0.25) is 4.79 Å². The summed E-state index contributed by atoms with van der Waals surface area (Å²) in [6.07, 6.45) is 0.890. The van der Waals surface area contributed by atoms with Crippen molar-refractivity contribution in [1.82, 2.24) is 0 Å². The number of halogens is 1. The molecule has 20 heavy (non-hydrogen) atoms. The van der Waals surface area contributed by atoms with Crippen molar-refractivity contribution in [2.24, 2.45) is 0 Å². The number of nitrogens with two attached hydrogens (primary N) is 1. The third kappa shape index (κ3) is 3.15. The molecule has 0 bridgehead atoms. The molecule has 0 aliphatic carbocycles. The molecule has 0 aliphatic rings. The van der Waals surface area contributed by atoms with Crippen LogP contribution in [0.15, 0.2) is 42.5 Å². The minimum Gasteiger partial charge on any atom is -0.396 e. The Balaban J connectivity index is 2.06. The summed E-state index contributed by atoms with van der Waals surface area (Å²) in [5.74, 6) is -0.631. The minimum atomic E-state index is -0.508. The lowest BCUT2D eigenvalue weighted by Crippen LogP contribution is -2.15. The second kappa shape index (κ2) is 6.19. The molecule has 0 amide bonds. The summed E-state index contributed by atoms with van der Waals surface area (Å²) in [6.45, 7) is 2.21. The van der Waals surface area contributed by atoms with E-state index in [4.69, 9.17) is 5.73 Å². The number of hydrogen-bond acceptors (Lipinski definition) is 3. The van der Waals surface area contributed by atoms with Crippen LogP contribution in [0.1, 0.15) is 22.8 Å². The maximum absolute atomic E-state index is 13.1. The fourth-order valence-electron chi connectivity index (χ4n) is 2.00. The average molecular weight is 272 g/mol. The van der Waals surface area contributed by atoms with Crippen LogP contribution in [0.2, 0.25) is 0 Å². The monoisotopic (exact) mass is 272 g/mol. The summed E-state index contributed by atoms with van der Waals surface area (Å²) in [4.78, 5) is 12.0. The number of benzene rings is 2. The molecule has 3 nitrogen and oxygen atoms in total. The molecular weight excluding hydrogens is 255 g/mol. The molecule has 3 N–H and O–H groups in total. The summed E-state index contributed by atoms with van der Waals surface area (Å²) < 4.78 is 13.1. The van der Waals surface area contributed by atoms with Crippen molar-refractivity contribution in [2.75, 3.05) is 17.6 Å². The molecule has 0 unspecified atom stereocenters. The van der Waals surface area contributed by atoms with Gasteiger partial charge in [-0.15, -0.1) is 0 Å². The molecule has 104 valence electrons. The molecule has 0 aromatic heterocycles. The lowest BCUT2D eigenvalue weighted by atomic mass is 10.1. The standard InChI is InChI=1S/C16H17FN2O/c1-2-11-5-3-4-6-15(11)19-10-16(20)12-7-8-13(17)14(18)9-12/h3-9,19H,2,10,18H2,1H3. The van der Waals surface area contributed by atoms with E-state index in [0.29, 0.717) is 5.56 Å². The van der Waals surface area contributed by atoms with E-state index in [0.717, 1.165) is 17.7 Å². The van der Waals surface area contributed by atoms with E-state index >= 15 is 0 Å². The van der Waals surface area contributed by atoms with E-state index in [1.54, 1.807) is 0 Å². The molecule has 2 aromatic carbocycles. The van der Waals surface area contributed by atoms with Crippen molar-refractivity contribution in [1.29, 1.82) is 0 Å². The zero-order valence-corrected chi connectivity index (χ0v) is 11.3. The maximum Gasteiger partial charge on any atom is 0.181 e. The Morgan fingerprint density at radius 1 is 1.25 bits per heavy atom. The van der Waals surface area contributed by atoms with Gasteiger partial charge in [0, 0.05) is 11.3 Å². The fourth-order valence-corrected chi connectivity index (χ4v) is 2.00. The average Bonchev–Trinajstić information content (AvgIpc) is 2.47. The Morgan fingerprint density at radius 2 is 2.00 bits per heavy atom. The second-order valence-electron chi connectivity index (χ2n) is 4.52. The number of carbonyl (C=O) groups is 1. The van der Waals surface area contributed by atoms with E-state index in [2.05, 4.69) is 12.2 Å². The topological polar surface area (TPSA) is 55.1 Å². The van der Waals surface area contributed by atoms with Crippen LogP contribution in [0, 0.1) is 5.82 Å². The minimum absolute atomic E-state index is 0.00944. The number of rotatable bonds is 5. The van der Waals surface area contributed by atoms with Crippen molar-refractivity contribution in [3.63, 3.8) is 0 Å². The van der Waals surface area contributed by atoms with Crippen LogP contribution >= 0.6 is 0 Å². The first kappa shape index (κ1) is 14.1. The van der Waals surface area contributed by atoms with Crippen molar-refractivity contribution in [2.45, 2.75) is 13.3 Å². The molecule has 0 atom stereocenters. The van der Waals surface area contributed by atoms with E-state index in [-0.39, 0.29) is 18.0 Å². The first-order valence-electron chi connectivity index (χ1n) is 6.51. The number of carbonyl (C=O) groups excluding carboxylic acids is 1. The summed E-state index contributed by atoms with van der Waals surface area (Å²) in [5, 5.41) is 3.11. The number of Topliss-reactive ketones (excluding diaryl/α,β-unsaturated/α-hetero) is 1. The molecule has 2 rings (SSSR count). The number of hydrogen-bond donors (Lipinski definition) is 2. The summed E-state index contributed by atoms with van der Waals surface area (Å²) in [6, 6.07) is 11.9. The largest absolute Gasteiger partial charge is 0.396 e. The SMILES string of the molecule is CCc1ccccc1NCC(=O)c1ccc(F)c(N)c1. The predicted octanol–water partition coefficient (Wildman–Crippen LogP) is 3.27. The second-order valence-corrected chi connectivity index (χ2v) is 4.52. The van der Waals surface area contributed by atoms with Crippen LogP contribution in [0.4, 0.5) is 15.8 Å². The highest BCUT2D eigenvalue weighted by Gasteiger charge is 2.09. The Kier molecular flexibility index (Phi) is 4.35. The maximum atomic E-state index is 13.1. The number of nitrogens with one attached hydrogen (secondary N) is 1. The molecule has 0 heterocycles. The number of nitrogen functional groups attached to an aromatic ring is 1. The number of aryl methyl sites for hydroxylation is 1. The summed E-state index contributed by atoms with van der Waals surface area (Å²) >= 11 is 0. The van der Waals surface area contributed by atoms with Crippen LogP contribution in [0.5, 0.6) is 0 Å². The first-order valence-corrected chi connectivity index (χ1v) is 6.51. The van der Waals surface area contributed by atoms with Crippen LogP contribution in [-0.4, -0.2) is 12.3 Å². The predicted molar refractivity (Wildman–Crippen MR) is 79.5 cm³/mol. The van der Waals surface area contributed by atoms with Crippen LogP contribution in [0.25, 0.3) is 0 Å². The highest BCUT2D eigenvalue weighted by atomic mass is 19.1. The van der Waals surface area contributed by atoms with E-state index in [1.165, 1.54) is 18.2 Å². The highest BCUT2D eigenvalue weighted by molar-refractivity contribution is 5.99. The van der Waals surface area contributed by atoms with Gasteiger partial charge in [-0.25, -0.2) is 4.39 Å². The molecule has 0 radical (unpaired) electrons. The van der Waals surface area contributed by atoms with Gasteiger partial charge in [0.25, 0.3) is 0 Å². The number of ketones is 1. The van der Waals surface area contributed by atoms with Crippen LogP contribution < -0.4 is 11.1 Å². The van der Waals surface area contributed by atoms with Gasteiger partial charge in [-0.05, 0) is 36.2 Å². The molecule has 0 aliphatic heterocycles. The van der Waals surface area contributed by atoms with Gasteiger partial charge in [0.2, 0.25) is 0 Å². The van der Waals surface area contributed by atoms with Gasteiger partial charge in [0.05, 0.1) is 12.2 Å². The van der Waals surface area contributed by atoms with Crippen LogP contribution in [-0.2, 0) is 6.42 Å². The van der Waals surface area contributed by atoms with Crippen molar-refractivity contribution < 1.29 is 9.18 Å². The Hall–Kier alpha value is -2.36. The molecule has 4 heteroatoms. The molecule has 0 saturated heterocycles. The molecule has 0 saturated carbocycles. The lowest BCUT2D eigenvalue weighted by Gasteiger charge is -2.10. The third-order valence-electron chi connectivity index (χ3n) is 3.16. The third-order valence-corrected chi connectivity index (χ3v) is 3.16. The Bertz CT molecular complexity index is 626. The van der Waals surface area contributed by atoms with Gasteiger partial charge in [-0.1, -0.05) is 25.1 Å². The zero-order chi connectivity index (χ0) is 14.5. The van der Waals surface area contributed by atoms with Crippen molar-refractivity contribution in [3.05, 3.63) is 59.4 Å². The van der Waals surface area contributed by atoms with Gasteiger partial charge in [0.1, 0.15) is 5.82 Å². The number of para-hydroxylation sites is 1. The Labute approximate surface area is 117 Å². The van der Waals surface area contributed by atoms with Gasteiger partial charge >= 0.3 is 0 Å². The quantitative estimate of drug-likeness (QED) is 0.649. The van der Waals surface area contributed by atoms with Gasteiger partial charge < -0.3 is 11.1 Å². The molecular formula is C16H17FN2O. The fraction of sp³-hybridized carbons (Fsp3) is 0.188. The molecule has 0 fully saturated rings. The number of anilines is 2. The summed E-state index contributed by atoms with van der Waals surface area (Å²) in [5.41, 5.74) is 7.96. The smallest absolute Gasteiger partial charge is 0.181 e. The molecule has 0 spiro atoms. The Morgan fingerprint density at radius 3 is 2.70 bits per heavy atom. The molecule has 2 aromatic rings. The zero-order valence-electron chi connectivity index (χ0n) is 11.3. The van der Waals surface area contributed by atoms with Crippen molar-refractivity contribution in [3.8, 4) is 0 Å². The lowest BCUT2D eigenvalue weighted by molar-refractivity contribution is 0.101.